The first kappa shape index (κ1) is 19.4. The average molecular weight is 357 g/mol. The molecule has 4 heteroatoms. The summed E-state index contributed by atoms with van der Waals surface area (Å²) in [6.07, 6.45) is 3.85. The molecule has 0 aliphatic carbocycles. The number of likely N-dealkylation sites (tertiary alicyclic amines) is 2. The molecule has 2 saturated heterocycles. The Hall–Kier alpha value is -1.38. The highest BCUT2D eigenvalue weighted by Gasteiger charge is 2.33. The van der Waals surface area contributed by atoms with Gasteiger partial charge in [-0.15, -0.1) is 0 Å². The number of hydrogen-bond acceptors (Lipinski definition) is 4. The van der Waals surface area contributed by atoms with Gasteiger partial charge in [0.2, 0.25) is 0 Å². The number of β-amino-alcohol motifs (C(OH)–C–C–N with tert-alkyl or cyclic N) is 1. The second-order valence-electron chi connectivity index (χ2n) is 7.85. The zero-order valence-electron chi connectivity index (χ0n) is 15.9. The molecule has 1 aromatic carbocycles. The molecular formula is C22H32N2O2. The van der Waals surface area contributed by atoms with Gasteiger partial charge in [0.15, 0.2) is 0 Å². The van der Waals surface area contributed by atoms with Crippen LogP contribution in [0.2, 0.25) is 0 Å². The average Bonchev–Trinajstić information content (AvgIpc) is 2.65. The third kappa shape index (κ3) is 5.31. The van der Waals surface area contributed by atoms with Gasteiger partial charge in [0.1, 0.15) is 0 Å². The molecule has 2 aliphatic rings. The van der Waals surface area contributed by atoms with E-state index in [-0.39, 0.29) is 12.7 Å². The van der Waals surface area contributed by atoms with E-state index in [1.807, 2.05) is 12.1 Å². The summed E-state index contributed by atoms with van der Waals surface area (Å²) in [5, 5.41) is 19.5. The fourth-order valence-electron chi connectivity index (χ4n) is 4.09. The van der Waals surface area contributed by atoms with Crippen LogP contribution in [0.4, 0.5) is 0 Å². The second-order valence-corrected chi connectivity index (χ2v) is 7.85. The summed E-state index contributed by atoms with van der Waals surface area (Å²) in [5.41, 5.74) is 2.25. The molecule has 2 heterocycles. The van der Waals surface area contributed by atoms with Crippen molar-refractivity contribution in [2.24, 2.45) is 5.92 Å². The van der Waals surface area contributed by atoms with Crippen molar-refractivity contribution in [2.45, 2.75) is 51.3 Å². The maximum absolute atomic E-state index is 10.7. The van der Waals surface area contributed by atoms with Gasteiger partial charge in [-0.05, 0) is 56.0 Å². The number of nitrogens with zero attached hydrogens (tertiary/aromatic N) is 2. The summed E-state index contributed by atoms with van der Waals surface area (Å²) in [4.78, 5) is 4.88. The Kier molecular flexibility index (Phi) is 7.10. The van der Waals surface area contributed by atoms with E-state index in [0.29, 0.717) is 12.5 Å². The number of aliphatic hydroxyl groups is 2. The lowest BCUT2D eigenvalue weighted by Gasteiger charge is -2.44. The van der Waals surface area contributed by atoms with E-state index >= 15 is 0 Å². The normalized spacial score (nSPS) is 25.7. The Morgan fingerprint density at radius 3 is 2.46 bits per heavy atom. The Morgan fingerprint density at radius 1 is 1.08 bits per heavy atom. The number of hydrogen-bond donors (Lipinski definition) is 2. The molecule has 4 nitrogen and oxygen atoms in total. The van der Waals surface area contributed by atoms with Crippen LogP contribution >= 0.6 is 0 Å². The van der Waals surface area contributed by atoms with Gasteiger partial charge in [0, 0.05) is 37.7 Å². The molecule has 0 bridgehead atoms. The largest absolute Gasteiger partial charge is 0.395 e. The van der Waals surface area contributed by atoms with Gasteiger partial charge < -0.3 is 10.2 Å². The summed E-state index contributed by atoms with van der Waals surface area (Å²) in [6, 6.07) is 8.65. The highest BCUT2D eigenvalue weighted by atomic mass is 16.3. The molecule has 142 valence electrons. The first-order valence-electron chi connectivity index (χ1n) is 9.99. The van der Waals surface area contributed by atoms with Crippen molar-refractivity contribution >= 4 is 0 Å². The van der Waals surface area contributed by atoms with Gasteiger partial charge in [0.05, 0.1) is 12.7 Å². The Balaban J connectivity index is 1.49. The van der Waals surface area contributed by atoms with Gasteiger partial charge in [-0.3, -0.25) is 9.80 Å². The standard InChI is InChI=1S/C22H32N2O2/c1-18-9-13-24(14-10-18)21-11-12-23(17-22(21)26)16-20-7-5-19(6-8-20)4-2-3-15-25/h5-8,18,21-22,25-26H,3,9-17H2,1H3/t21-,22-/m1/s1. The van der Waals surface area contributed by atoms with E-state index in [9.17, 15) is 5.11 Å². The highest BCUT2D eigenvalue weighted by Crippen LogP contribution is 2.24. The van der Waals surface area contributed by atoms with Crippen molar-refractivity contribution in [3.63, 3.8) is 0 Å². The van der Waals surface area contributed by atoms with Crippen LogP contribution in [0.25, 0.3) is 0 Å². The minimum absolute atomic E-state index is 0.111. The Morgan fingerprint density at radius 2 is 1.81 bits per heavy atom. The quantitative estimate of drug-likeness (QED) is 0.811. The number of aliphatic hydroxyl groups excluding tert-OH is 2. The van der Waals surface area contributed by atoms with Gasteiger partial charge >= 0.3 is 0 Å². The lowest BCUT2D eigenvalue weighted by Crippen LogP contribution is -2.55. The summed E-state index contributed by atoms with van der Waals surface area (Å²) < 4.78 is 0. The topological polar surface area (TPSA) is 46.9 Å². The minimum Gasteiger partial charge on any atom is -0.395 e. The van der Waals surface area contributed by atoms with E-state index in [1.165, 1.54) is 18.4 Å². The van der Waals surface area contributed by atoms with Crippen LogP contribution in [0.5, 0.6) is 0 Å². The van der Waals surface area contributed by atoms with E-state index in [1.54, 1.807) is 0 Å². The van der Waals surface area contributed by atoms with Crippen LogP contribution < -0.4 is 0 Å². The molecule has 0 aromatic heterocycles. The van der Waals surface area contributed by atoms with Crippen LogP contribution in [0.15, 0.2) is 24.3 Å². The molecule has 2 N–H and O–H groups in total. The third-order valence-electron chi connectivity index (χ3n) is 5.75. The number of piperidine rings is 2. The number of benzene rings is 1. The molecule has 1 aromatic rings. The van der Waals surface area contributed by atoms with Crippen molar-refractivity contribution in [3.05, 3.63) is 35.4 Å². The maximum atomic E-state index is 10.7. The van der Waals surface area contributed by atoms with Gasteiger partial charge in [-0.25, -0.2) is 0 Å². The minimum atomic E-state index is -0.249. The fourth-order valence-corrected chi connectivity index (χ4v) is 4.09. The lowest BCUT2D eigenvalue weighted by molar-refractivity contribution is -0.0254. The molecule has 2 atom stereocenters. The van der Waals surface area contributed by atoms with Crippen molar-refractivity contribution in [2.75, 3.05) is 32.8 Å². The Bertz CT molecular complexity index is 611. The van der Waals surface area contributed by atoms with Crippen molar-refractivity contribution < 1.29 is 10.2 Å². The third-order valence-corrected chi connectivity index (χ3v) is 5.75. The predicted molar refractivity (Wildman–Crippen MR) is 105 cm³/mol. The van der Waals surface area contributed by atoms with Crippen LogP contribution in [-0.4, -0.2) is 64.9 Å². The van der Waals surface area contributed by atoms with Gasteiger partial charge in [0.25, 0.3) is 0 Å². The molecule has 0 unspecified atom stereocenters. The first-order valence-corrected chi connectivity index (χ1v) is 9.99. The number of rotatable bonds is 4. The second kappa shape index (κ2) is 9.53. The maximum Gasteiger partial charge on any atom is 0.0822 e. The summed E-state index contributed by atoms with van der Waals surface area (Å²) in [6.45, 7) is 7.41. The van der Waals surface area contributed by atoms with E-state index in [0.717, 1.165) is 50.6 Å². The highest BCUT2D eigenvalue weighted by molar-refractivity contribution is 5.36. The zero-order chi connectivity index (χ0) is 18.4. The monoisotopic (exact) mass is 356 g/mol. The molecule has 0 amide bonds. The molecule has 2 fully saturated rings. The summed E-state index contributed by atoms with van der Waals surface area (Å²) in [5.74, 6) is 6.84. The first-order chi connectivity index (χ1) is 12.7. The van der Waals surface area contributed by atoms with Crippen LogP contribution in [-0.2, 0) is 6.54 Å². The smallest absolute Gasteiger partial charge is 0.0822 e. The van der Waals surface area contributed by atoms with Crippen LogP contribution in [0.1, 0.15) is 43.7 Å². The predicted octanol–water partition coefficient (Wildman–Crippen LogP) is 2.09. The van der Waals surface area contributed by atoms with Crippen molar-refractivity contribution in [1.82, 2.24) is 9.80 Å². The van der Waals surface area contributed by atoms with Crippen molar-refractivity contribution in [3.8, 4) is 11.8 Å². The van der Waals surface area contributed by atoms with Gasteiger partial charge in [-0.2, -0.15) is 0 Å². The summed E-state index contributed by atoms with van der Waals surface area (Å²) in [7, 11) is 0. The van der Waals surface area contributed by atoms with Crippen LogP contribution in [0.3, 0.4) is 0 Å². The zero-order valence-corrected chi connectivity index (χ0v) is 15.9. The summed E-state index contributed by atoms with van der Waals surface area (Å²) >= 11 is 0. The SMILES string of the molecule is CC1CCN([C@@H]2CCN(Cc3ccc(C#CCCO)cc3)C[C@H]2O)CC1. The molecule has 0 radical (unpaired) electrons. The molecule has 0 spiro atoms. The lowest BCUT2D eigenvalue weighted by atomic mass is 9.93. The fraction of sp³-hybridized carbons (Fsp3) is 0.636. The molecule has 3 rings (SSSR count). The molecule has 26 heavy (non-hydrogen) atoms. The van der Waals surface area contributed by atoms with E-state index in [4.69, 9.17) is 5.11 Å². The van der Waals surface area contributed by atoms with Crippen molar-refractivity contribution in [1.29, 1.82) is 0 Å². The van der Waals surface area contributed by atoms with Gasteiger partial charge in [-0.1, -0.05) is 30.9 Å². The van der Waals surface area contributed by atoms with E-state index < -0.39 is 0 Å². The Labute approximate surface area is 157 Å². The molecular weight excluding hydrogens is 324 g/mol. The molecule has 0 saturated carbocycles. The van der Waals surface area contributed by atoms with E-state index in [2.05, 4.69) is 40.7 Å². The molecule has 2 aliphatic heterocycles. The van der Waals surface area contributed by atoms with Crippen LogP contribution in [0, 0.1) is 17.8 Å².